The predicted octanol–water partition coefficient (Wildman–Crippen LogP) is 2.43. The number of sulfonamides is 1. The minimum absolute atomic E-state index is 0.0227. The van der Waals surface area contributed by atoms with Crippen LogP contribution in [-0.4, -0.2) is 36.6 Å². The first kappa shape index (κ1) is 15.9. The minimum Gasteiger partial charge on any atom is -0.313 e. The van der Waals surface area contributed by atoms with Crippen LogP contribution in [0.5, 0.6) is 0 Å². The van der Waals surface area contributed by atoms with Gasteiger partial charge in [0, 0.05) is 30.1 Å². The lowest BCUT2D eigenvalue weighted by atomic mass is 10.4. The van der Waals surface area contributed by atoms with Gasteiger partial charge in [-0.2, -0.15) is 4.31 Å². The molecule has 0 radical (unpaired) electrons. The van der Waals surface area contributed by atoms with E-state index in [2.05, 4.69) is 5.32 Å². The first-order chi connectivity index (χ1) is 9.41. The molecule has 1 aliphatic rings. The maximum Gasteiger partial charge on any atom is 0.218 e. The van der Waals surface area contributed by atoms with Gasteiger partial charge in [-0.1, -0.05) is 6.07 Å². The molecule has 1 aliphatic carbocycles. The van der Waals surface area contributed by atoms with E-state index in [-0.39, 0.29) is 11.3 Å². The van der Waals surface area contributed by atoms with Crippen LogP contribution in [0.4, 0.5) is 0 Å². The quantitative estimate of drug-likeness (QED) is 0.801. The maximum absolute atomic E-state index is 12.7. The highest BCUT2D eigenvalue weighted by atomic mass is 32.2. The summed E-state index contributed by atoms with van der Waals surface area (Å²) in [5.74, 6) is 0. The van der Waals surface area contributed by atoms with E-state index in [1.54, 1.807) is 22.6 Å². The van der Waals surface area contributed by atoms with Crippen molar-refractivity contribution in [1.82, 2.24) is 9.62 Å². The molecule has 1 heterocycles. The van der Waals surface area contributed by atoms with E-state index in [9.17, 15) is 8.42 Å². The Balaban J connectivity index is 2.04. The Bertz CT molecular complexity index is 507. The van der Waals surface area contributed by atoms with E-state index in [1.165, 1.54) is 12.8 Å². The van der Waals surface area contributed by atoms with Gasteiger partial charge in [0.2, 0.25) is 10.0 Å². The summed E-state index contributed by atoms with van der Waals surface area (Å²) in [6, 6.07) is 4.47. The van der Waals surface area contributed by atoms with Gasteiger partial charge in [-0.3, -0.25) is 0 Å². The van der Waals surface area contributed by atoms with Gasteiger partial charge in [-0.25, -0.2) is 8.42 Å². The standard InChI is InChI=1S/C14H24N2O2S2/c1-11(2)16(10-14-5-4-8-19-14)20(17,18)12(3)9-15-13-6-7-13/h4-5,8,11-13,15H,6-7,9-10H2,1-3H3. The second-order valence-corrected chi connectivity index (χ2v) is 9.09. The Kier molecular flexibility index (Phi) is 5.23. The molecule has 1 aromatic rings. The van der Waals surface area contributed by atoms with Crippen LogP contribution in [0, 0.1) is 0 Å². The van der Waals surface area contributed by atoms with E-state index < -0.39 is 10.0 Å². The van der Waals surface area contributed by atoms with Crippen molar-refractivity contribution >= 4 is 21.4 Å². The second-order valence-electron chi connectivity index (χ2n) is 5.76. The summed E-state index contributed by atoms with van der Waals surface area (Å²) in [6.07, 6.45) is 2.35. The van der Waals surface area contributed by atoms with Crippen molar-refractivity contribution in [3.63, 3.8) is 0 Å². The normalized spacial score (nSPS) is 17.9. The van der Waals surface area contributed by atoms with Crippen molar-refractivity contribution < 1.29 is 8.42 Å². The molecule has 114 valence electrons. The number of rotatable bonds is 8. The van der Waals surface area contributed by atoms with Gasteiger partial charge >= 0.3 is 0 Å². The second kappa shape index (κ2) is 6.56. The Hall–Kier alpha value is -0.430. The fraction of sp³-hybridized carbons (Fsp3) is 0.714. The molecule has 1 aromatic heterocycles. The molecule has 1 fully saturated rings. The van der Waals surface area contributed by atoms with Gasteiger partial charge in [-0.05, 0) is 45.1 Å². The van der Waals surface area contributed by atoms with Crippen LogP contribution in [0.15, 0.2) is 17.5 Å². The van der Waals surface area contributed by atoms with Crippen LogP contribution in [0.2, 0.25) is 0 Å². The minimum atomic E-state index is -3.27. The largest absolute Gasteiger partial charge is 0.313 e. The van der Waals surface area contributed by atoms with Crippen LogP contribution in [0.1, 0.15) is 38.5 Å². The zero-order valence-corrected chi connectivity index (χ0v) is 14.0. The van der Waals surface area contributed by atoms with E-state index in [1.807, 2.05) is 31.4 Å². The van der Waals surface area contributed by atoms with Crippen LogP contribution in [0.25, 0.3) is 0 Å². The van der Waals surface area contributed by atoms with Crippen LogP contribution in [-0.2, 0) is 16.6 Å². The number of nitrogens with one attached hydrogen (secondary N) is 1. The lowest BCUT2D eigenvalue weighted by Crippen LogP contribution is -2.45. The van der Waals surface area contributed by atoms with Gasteiger partial charge in [-0.15, -0.1) is 11.3 Å². The smallest absolute Gasteiger partial charge is 0.218 e. The Morgan fingerprint density at radius 2 is 2.10 bits per heavy atom. The zero-order chi connectivity index (χ0) is 14.8. The average Bonchev–Trinajstić information content (AvgIpc) is 3.07. The lowest BCUT2D eigenvalue weighted by Gasteiger charge is -2.28. The molecule has 6 heteroatoms. The molecule has 0 aliphatic heterocycles. The third-order valence-electron chi connectivity index (χ3n) is 3.57. The fourth-order valence-electron chi connectivity index (χ4n) is 2.08. The molecule has 4 nitrogen and oxygen atoms in total. The van der Waals surface area contributed by atoms with E-state index >= 15 is 0 Å². The highest BCUT2D eigenvalue weighted by Crippen LogP contribution is 2.22. The Morgan fingerprint density at radius 1 is 1.40 bits per heavy atom. The van der Waals surface area contributed by atoms with Crippen molar-refractivity contribution in [3.8, 4) is 0 Å². The Morgan fingerprint density at radius 3 is 2.60 bits per heavy atom. The molecule has 2 rings (SSSR count). The third-order valence-corrected chi connectivity index (χ3v) is 6.82. The topological polar surface area (TPSA) is 49.4 Å². The van der Waals surface area contributed by atoms with Crippen molar-refractivity contribution in [2.75, 3.05) is 6.54 Å². The number of nitrogens with zero attached hydrogens (tertiary/aromatic N) is 1. The van der Waals surface area contributed by atoms with Gasteiger partial charge in [0.05, 0.1) is 5.25 Å². The molecular weight excluding hydrogens is 292 g/mol. The molecule has 1 atom stereocenters. The van der Waals surface area contributed by atoms with E-state index in [0.29, 0.717) is 19.1 Å². The molecule has 0 amide bonds. The van der Waals surface area contributed by atoms with Crippen molar-refractivity contribution in [2.24, 2.45) is 0 Å². The summed E-state index contributed by atoms with van der Waals surface area (Å²) < 4.78 is 27.1. The molecule has 1 saturated carbocycles. The van der Waals surface area contributed by atoms with Gasteiger partial charge in [0.15, 0.2) is 0 Å². The molecule has 0 bridgehead atoms. The molecule has 0 aromatic carbocycles. The fourth-order valence-corrected chi connectivity index (χ4v) is 4.54. The van der Waals surface area contributed by atoms with E-state index in [4.69, 9.17) is 0 Å². The van der Waals surface area contributed by atoms with Gasteiger partial charge < -0.3 is 5.32 Å². The highest BCUT2D eigenvalue weighted by molar-refractivity contribution is 7.89. The summed E-state index contributed by atoms with van der Waals surface area (Å²) in [4.78, 5) is 1.09. The summed E-state index contributed by atoms with van der Waals surface area (Å²) >= 11 is 1.60. The van der Waals surface area contributed by atoms with Gasteiger partial charge in [0.25, 0.3) is 0 Å². The number of hydrogen-bond donors (Lipinski definition) is 1. The lowest BCUT2D eigenvalue weighted by molar-refractivity contribution is 0.345. The van der Waals surface area contributed by atoms with Crippen molar-refractivity contribution in [1.29, 1.82) is 0 Å². The molecule has 20 heavy (non-hydrogen) atoms. The zero-order valence-electron chi connectivity index (χ0n) is 12.4. The van der Waals surface area contributed by atoms with E-state index in [0.717, 1.165) is 4.88 Å². The maximum atomic E-state index is 12.7. The SMILES string of the molecule is CC(C)N(Cc1cccs1)S(=O)(=O)C(C)CNC1CC1. The summed E-state index contributed by atoms with van der Waals surface area (Å²) in [5.41, 5.74) is 0. The molecule has 1 unspecified atom stereocenters. The molecule has 0 saturated heterocycles. The number of hydrogen-bond acceptors (Lipinski definition) is 4. The number of thiophene rings is 1. The first-order valence-corrected chi connectivity index (χ1v) is 9.56. The third kappa shape index (κ3) is 4.04. The van der Waals surface area contributed by atoms with Crippen LogP contribution >= 0.6 is 11.3 Å². The predicted molar refractivity (Wildman–Crippen MR) is 84.4 cm³/mol. The summed E-state index contributed by atoms with van der Waals surface area (Å²) in [7, 11) is -3.27. The van der Waals surface area contributed by atoms with Gasteiger partial charge in [0.1, 0.15) is 0 Å². The molecule has 0 spiro atoms. The average molecular weight is 316 g/mol. The highest BCUT2D eigenvalue weighted by Gasteiger charge is 2.32. The molecular formula is C14H24N2O2S2. The van der Waals surface area contributed by atoms with Crippen molar-refractivity contribution in [3.05, 3.63) is 22.4 Å². The summed E-state index contributed by atoms with van der Waals surface area (Å²) in [6.45, 7) is 6.69. The molecule has 1 N–H and O–H groups in total. The van der Waals surface area contributed by atoms with Crippen LogP contribution < -0.4 is 5.32 Å². The van der Waals surface area contributed by atoms with Crippen molar-refractivity contribution in [2.45, 2.75) is 57.5 Å². The Labute approximate surface area is 126 Å². The monoisotopic (exact) mass is 316 g/mol. The summed E-state index contributed by atoms with van der Waals surface area (Å²) in [5, 5.41) is 4.91. The first-order valence-electron chi connectivity index (χ1n) is 7.17. The van der Waals surface area contributed by atoms with Crippen LogP contribution in [0.3, 0.4) is 0 Å².